The van der Waals surface area contributed by atoms with Crippen molar-refractivity contribution in [2.75, 3.05) is 31.5 Å². The number of aryl methyl sites for hydroxylation is 1. The minimum atomic E-state index is -0.0614. The van der Waals surface area contributed by atoms with Crippen LogP contribution in [0.2, 0.25) is 0 Å². The van der Waals surface area contributed by atoms with Gasteiger partial charge in [-0.2, -0.15) is 5.10 Å². The zero-order valence-corrected chi connectivity index (χ0v) is 14.5. The number of anilines is 1. The maximum Gasteiger partial charge on any atom is 0.283 e. The van der Waals surface area contributed by atoms with Gasteiger partial charge < -0.3 is 10.2 Å². The molecule has 1 aromatic heterocycles. The highest BCUT2D eigenvalue weighted by Crippen LogP contribution is 2.17. The van der Waals surface area contributed by atoms with Crippen molar-refractivity contribution in [1.82, 2.24) is 14.7 Å². The highest BCUT2D eigenvalue weighted by Gasteiger charge is 2.15. The predicted molar refractivity (Wildman–Crippen MR) is 89.8 cm³/mol. The number of halogens is 1. The van der Waals surface area contributed by atoms with Crippen LogP contribution in [0.15, 0.2) is 15.5 Å². The Kier molecular flexibility index (Phi) is 6.23. The fourth-order valence-electron chi connectivity index (χ4n) is 2.59. The molecule has 1 saturated heterocycles. The van der Waals surface area contributed by atoms with Crippen molar-refractivity contribution >= 4 is 21.6 Å². The van der Waals surface area contributed by atoms with Gasteiger partial charge in [-0.15, -0.1) is 0 Å². The third-order valence-corrected chi connectivity index (χ3v) is 4.81. The normalized spacial score (nSPS) is 17.1. The van der Waals surface area contributed by atoms with E-state index in [0.29, 0.717) is 11.0 Å². The summed E-state index contributed by atoms with van der Waals surface area (Å²) in [5, 5.41) is 7.52. The summed E-state index contributed by atoms with van der Waals surface area (Å²) in [7, 11) is 0. The van der Waals surface area contributed by atoms with Crippen molar-refractivity contribution in [3.63, 3.8) is 0 Å². The lowest BCUT2D eigenvalue weighted by molar-refractivity contribution is 0.199. The summed E-state index contributed by atoms with van der Waals surface area (Å²) < 4.78 is 2.08. The molecular formula is C15H25BrN4O. The van der Waals surface area contributed by atoms with Crippen molar-refractivity contribution in [1.29, 1.82) is 0 Å². The average Bonchev–Trinajstić information content (AvgIpc) is 2.48. The van der Waals surface area contributed by atoms with Crippen LogP contribution >= 0.6 is 15.9 Å². The molecule has 1 aromatic rings. The lowest BCUT2D eigenvalue weighted by Crippen LogP contribution is -2.36. The Balaban J connectivity index is 1.86. The van der Waals surface area contributed by atoms with Gasteiger partial charge in [0.25, 0.3) is 5.56 Å². The van der Waals surface area contributed by atoms with E-state index in [1.54, 1.807) is 6.20 Å². The van der Waals surface area contributed by atoms with Crippen molar-refractivity contribution in [2.24, 2.45) is 5.92 Å². The molecule has 0 spiro atoms. The average molecular weight is 357 g/mol. The van der Waals surface area contributed by atoms with E-state index in [9.17, 15) is 4.79 Å². The fourth-order valence-corrected chi connectivity index (χ4v) is 3.04. The molecule has 0 aliphatic carbocycles. The molecule has 6 heteroatoms. The molecule has 118 valence electrons. The van der Waals surface area contributed by atoms with Gasteiger partial charge in [0.15, 0.2) is 0 Å². The SMILES string of the molecule is CCCn1ncc(NCCN2CCC(C)CC2)c(Br)c1=O. The van der Waals surface area contributed by atoms with Crippen molar-refractivity contribution in [3.8, 4) is 0 Å². The van der Waals surface area contributed by atoms with E-state index in [1.165, 1.54) is 30.6 Å². The molecule has 1 aliphatic heterocycles. The topological polar surface area (TPSA) is 50.2 Å². The minimum absolute atomic E-state index is 0.0614. The lowest BCUT2D eigenvalue weighted by Gasteiger charge is -2.30. The van der Waals surface area contributed by atoms with Gasteiger partial charge in [0, 0.05) is 19.6 Å². The summed E-state index contributed by atoms with van der Waals surface area (Å²) in [5.41, 5.74) is 0.728. The molecule has 21 heavy (non-hydrogen) atoms. The molecule has 2 heterocycles. The van der Waals surface area contributed by atoms with Crippen LogP contribution in [0, 0.1) is 5.92 Å². The molecule has 2 rings (SSSR count). The first kappa shape index (κ1) is 16.5. The number of nitrogens with zero attached hydrogens (tertiary/aromatic N) is 3. The molecule has 0 bridgehead atoms. The van der Waals surface area contributed by atoms with Gasteiger partial charge in [-0.1, -0.05) is 13.8 Å². The number of likely N-dealkylation sites (tertiary alicyclic amines) is 1. The third kappa shape index (κ3) is 4.54. The Labute approximate surface area is 134 Å². The number of aromatic nitrogens is 2. The van der Waals surface area contributed by atoms with Gasteiger partial charge in [-0.05, 0) is 54.2 Å². The van der Waals surface area contributed by atoms with Gasteiger partial charge in [-0.25, -0.2) is 4.68 Å². The maximum atomic E-state index is 12.1. The molecular weight excluding hydrogens is 332 g/mol. The van der Waals surface area contributed by atoms with Crippen molar-refractivity contribution < 1.29 is 0 Å². The third-order valence-electron chi connectivity index (χ3n) is 4.04. The summed E-state index contributed by atoms with van der Waals surface area (Å²) in [4.78, 5) is 14.6. The Morgan fingerprint density at radius 2 is 2.10 bits per heavy atom. The van der Waals surface area contributed by atoms with Crippen LogP contribution in [-0.2, 0) is 6.54 Å². The van der Waals surface area contributed by atoms with Gasteiger partial charge in [0.2, 0.25) is 0 Å². The number of hydrogen-bond donors (Lipinski definition) is 1. The zero-order valence-electron chi connectivity index (χ0n) is 12.9. The van der Waals surface area contributed by atoms with Crippen LogP contribution in [0.5, 0.6) is 0 Å². The van der Waals surface area contributed by atoms with E-state index < -0.39 is 0 Å². The van der Waals surface area contributed by atoms with Crippen LogP contribution in [0.1, 0.15) is 33.1 Å². The van der Waals surface area contributed by atoms with Crippen LogP contribution in [0.25, 0.3) is 0 Å². The smallest absolute Gasteiger partial charge is 0.283 e. The summed E-state index contributed by atoms with van der Waals surface area (Å²) in [5.74, 6) is 0.860. The summed E-state index contributed by atoms with van der Waals surface area (Å²) >= 11 is 3.39. The molecule has 0 unspecified atom stereocenters. The monoisotopic (exact) mass is 356 g/mol. The molecule has 0 radical (unpaired) electrons. The fraction of sp³-hybridized carbons (Fsp3) is 0.733. The summed E-state index contributed by atoms with van der Waals surface area (Å²) in [6, 6.07) is 0. The highest BCUT2D eigenvalue weighted by molar-refractivity contribution is 9.10. The van der Waals surface area contributed by atoms with E-state index in [0.717, 1.165) is 31.1 Å². The molecule has 1 fully saturated rings. The van der Waals surface area contributed by atoms with Gasteiger partial charge >= 0.3 is 0 Å². The van der Waals surface area contributed by atoms with Gasteiger partial charge in [-0.3, -0.25) is 4.79 Å². The Morgan fingerprint density at radius 3 is 2.76 bits per heavy atom. The highest BCUT2D eigenvalue weighted by atomic mass is 79.9. The van der Waals surface area contributed by atoms with E-state index in [1.807, 2.05) is 6.92 Å². The van der Waals surface area contributed by atoms with E-state index in [2.05, 4.69) is 38.2 Å². The number of nitrogens with one attached hydrogen (secondary N) is 1. The Hall–Kier alpha value is -0.880. The first-order valence-electron chi connectivity index (χ1n) is 7.83. The minimum Gasteiger partial charge on any atom is -0.381 e. The van der Waals surface area contributed by atoms with Gasteiger partial charge in [0.1, 0.15) is 4.47 Å². The second kappa shape index (κ2) is 7.94. The quantitative estimate of drug-likeness (QED) is 0.850. The molecule has 5 nitrogen and oxygen atoms in total. The first-order chi connectivity index (χ1) is 10.1. The Bertz CT molecular complexity index is 509. The van der Waals surface area contributed by atoms with E-state index in [-0.39, 0.29) is 5.56 Å². The van der Waals surface area contributed by atoms with Crippen molar-refractivity contribution in [2.45, 2.75) is 39.7 Å². The molecule has 0 saturated carbocycles. The number of rotatable bonds is 6. The Morgan fingerprint density at radius 1 is 1.38 bits per heavy atom. The number of hydrogen-bond acceptors (Lipinski definition) is 4. The van der Waals surface area contributed by atoms with Crippen LogP contribution in [0.3, 0.4) is 0 Å². The molecule has 0 atom stereocenters. The lowest BCUT2D eigenvalue weighted by atomic mass is 9.99. The van der Waals surface area contributed by atoms with Crippen LogP contribution in [-0.4, -0.2) is 40.9 Å². The second-order valence-electron chi connectivity index (χ2n) is 5.85. The standard InChI is InChI=1S/C15H25BrN4O/c1-3-7-20-15(21)14(16)13(11-18-20)17-6-10-19-8-4-12(2)5-9-19/h11-12,17H,3-10H2,1-2H3. The first-order valence-corrected chi connectivity index (χ1v) is 8.63. The maximum absolute atomic E-state index is 12.1. The van der Waals surface area contributed by atoms with E-state index in [4.69, 9.17) is 0 Å². The number of piperidine rings is 1. The molecule has 0 aromatic carbocycles. The van der Waals surface area contributed by atoms with Gasteiger partial charge in [0.05, 0.1) is 11.9 Å². The molecule has 1 N–H and O–H groups in total. The summed E-state index contributed by atoms with van der Waals surface area (Å²) in [6.07, 6.45) is 5.22. The van der Waals surface area contributed by atoms with Crippen LogP contribution < -0.4 is 10.9 Å². The second-order valence-corrected chi connectivity index (χ2v) is 6.64. The van der Waals surface area contributed by atoms with E-state index >= 15 is 0 Å². The molecule has 1 aliphatic rings. The van der Waals surface area contributed by atoms with Crippen LogP contribution in [0.4, 0.5) is 5.69 Å². The summed E-state index contributed by atoms with van der Waals surface area (Å²) in [6.45, 7) is 9.23. The predicted octanol–water partition coefficient (Wildman–Crippen LogP) is 2.56. The van der Waals surface area contributed by atoms with Crippen molar-refractivity contribution in [3.05, 3.63) is 21.0 Å². The largest absolute Gasteiger partial charge is 0.381 e. The zero-order chi connectivity index (χ0) is 15.2. The molecule has 0 amide bonds.